The summed E-state index contributed by atoms with van der Waals surface area (Å²) in [5.41, 5.74) is 0.598. The molecule has 28 heavy (non-hydrogen) atoms. The maximum atomic E-state index is 12.4. The molecule has 0 bridgehead atoms. The molecular weight excluding hydrogens is 368 g/mol. The van der Waals surface area contributed by atoms with E-state index in [0.29, 0.717) is 5.69 Å². The van der Waals surface area contributed by atoms with Crippen molar-refractivity contribution in [3.8, 4) is 5.75 Å². The number of nitrogens with one attached hydrogen (secondary N) is 1. The molecule has 3 rings (SSSR count). The van der Waals surface area contributed by atoms with Gasteiger partial charge < -0.3 is 14.8 Å². The van der Waals surface area contributed by atoms with Gasteiger partial charge in [-0.05, 0) is 36.6 Å². The number of esters is 1. The zero-order valence-corrected chi connectivity index (χ0v) is 14.9. The highest BCUT2D eigenvalue weighted by molar-refractivity contribution is 6.04. The monoisotopic (exact) mass is 385 g/mol. The van der Waals surface area contributed by atoms with E-state index in [1.165, 1.54) is 25.1 Å². The first-order chi connectivity index (χ1) is 13.4. The molecule has 1 N–H and O–H groups in total. The maximum absolute atomic E-state index is 12.4. The van der Waals surface area contributed by atoms with Gasteiger partial charge in [0.05, 0.1) is 5.56 Å². The van der Waals surface area contributed by atoms with E-state index >= 15 is 0 Å². The lowest BCUT2D eigenvalue weighted by molar-refractivity contribution is -0.123. The van der Waals surface area contributed by atoms with Crippen molar-refractivity contribution in [2.45, 2.75) is 19.6 Å². The van der Waals surface area contributed by atoms with Crippen molar-refractivity contribution in [2.24, 2.45) is 0 Å². The summed E-state index contributed by atoms with van der Waals surface area (Å²) in [4.78, 5) is 24.6. The number of benzene rings is 3. The highest BCUT2D eigenvalue weighted by atomic mass is 19.3. The smallest absolute Gasteiger partial charge is 0.387 e. The Morgan fingerprint density at radius 3 is 2.46 bits per heavy atom. The molecule has 0 aliphatic carbocycles. The molecule has 0 saturated heterocycles. The van der Waals surface area contributed by atoms with Crippen LogP contribution in [0.3, 0.4) is 0 Å². The molecule has 1 atom stereocenters. The van der Waals surface area contributed by atoms with Gasteiger partial charge in [-0.3, -0.25) is 4.79 Å². The van der Waals surface area contributed by atoms with Gasteiger partial charge in [0.15, 0.2) is 6.10 Å². The van der Waals surface area contributed by atoms with Crippen LogP contribution in [0.25, 0.3) is 10.8 Å². The summed E-state index contributed by atoms with van der Waals surface area (Å²) in [6.45, 7) is -1.57. The number of ether oxygens (including phenoxy) is 2. The molecule has 0 radical (unpaired) electrons. The van der Waals surface area contributed by atoms with Gasteiger partial charge in [0.1, 0.15) is 5.75 Å². The van der Waals surface area contributed by atoms with E-state index in [-0.39, 0.29) is 11.3 Å². The Labute approximate surface area is 159 Å². The summed E-state index contributed by atoms with van der Waals surface area (Å²) in [6, 6.07) is 18.2. The third-order valence-corrected chi connectivity index (χ3v) is 4.00. The second-order valence-electron chi connectivity index (χ2n) is 5.97. The molecule has 5 nitrogen and oxygen atoms in total. The standard InChI is InChI=1S/C21H17F2NO4/c1-13(27-20(26)15-8-4-9-16(12-15)28-21(22)23)19(25)24-18-11-5-7-14-6-2-3-10-17(14)18/h2-13,21H,1H3,(H,24,25). The molecule has 1 unspecified atom stereocenters. The highest BCUT2D eigenvalue weighted by Gasteiger charge is 2.20. The van der Waals surface area contributed by atoms with Crippen molar-refractivity contribution >= 4 is 28.3 Å². The molecule has 0 fully saturated rings. The first kappa shape index (κ1) is 19.3. The molecular formula is C21H17F2NO4. The molecule has 144 valence electrons. The van der Waals surface area contributed by atoms with E-state index in [0.717, 1.165) is 16.8 Å². The second kappa shape index (κ2) is 8.47. The minimum absolute atomic E-state index is 0.00274. The van der Waals surface area contributed by atoms with Crippen molar-refractivity contribution in [3.05, 3.63) is 72.3 Å². The number of anilines is 1. The number of carbonyl (C=O) groups excluding carboxylic acids is 2. The Morgan fingerprint density at radius 1 is 0.964 bits per heavy atom. The number of halogens is 2. The molecule has 0 heterocycles. The largest absolute Gasteiger partial charge is 0.449 e. The fourth-order valence-corrected chi connectivity index (χ4v) is 2.65. The predicted octanol–water partition coefficient (Wildman–Crippen LogP) is 4.63. The molecule has 0 spiro atoms. The minimum Gasteiger partial charge on any atom is -0.449 e. The Balaban J connectivity index is 1.68. The lowest BCUT2D eigenvalue weighted by atomic mass is 10.1. The van der Waals surface area contributed by atoms with Crippen molar-refractivity contribution in [2.75, 3.05) is 5.32 Å². The van der Waals surface area contributed by atoms with E-state index in [9.17, 15) is 18.4 Å². The van der Waals surface area contributed by atoms with Gasteiger partial charge in [-0.1, -0.05) is 42.5 Å². The fraction of sp³-hybridized carbons (Fsp3) is 0.143. The lowest BCUT2D eigenvalue weighted by Gasteiger charge is -2.15. The van der Waals surface area contributed by atoms with Crippen molar-refractivity contribution in [3.63, 3.8) is 0 Å². The average molecular weight is 385 g/mol. The molecule has 0 saturated carbocycles. The van der Waals surface area contributed by atoms with Crippen LogP contribution in [-0.4, -0.2) is 24.6 Å². The Kier molecular flexibility index (Phi) is 5.84. The van der Waals surface area contributed by atoms with E-state index in [1.807, 2.05) is 36.4 Å². The number of carbonyl (C=O) groups is 2. The van der Waals surface area contributed by atoms with Crippen LogP contribution in [-0.2, 0) is 9.53 Å². The Bertz CT molecular complexity index is 1000. The third kappa shape index (κ3) is 4.62. The molecule has 0 aliphatic rings. The summed E-state index contributed by atoms with van der Waals surface area (Å²) in [5.74, 6) is -1.50. The SMILES string of the molecule is CC(OC(=O)c1cccc(OC(F)F)c1)C(=O)Nc1cccc2ccccc12. The van der Waals surface area contributed by atoms with Gasteiger partial charge in [-0.15, -0.1) is 0 Å². The van der Waals surface area contributed by atoms with E-state index in [1.54, 1.807) is 6.07 Å². The zero-order valence-electron chi connectivity index (χ0n) is 14.9. The Morgan fingerprint density at radius 2 is 1.68 bits per heavy atom. The summed E-state index contributed by atoms with van der Waals surface area (Å²) in [7, 11) is 0. The van der Waals surface area contributed by atoms with Crippen molar-refractivity contribution in [1.29, 1.82) is 0 Å². The van der Waals surface area contributed by atoms with Crippen LogP contribution in [0, 0.1) is 0 Å². The normalized spacial score (nSPS) is 11.9. The van der Waals surface area contributed by atoms with Crippen LogP contribution in [0.1, 0.15) is 17.3 Å². The van der Waals surface area contributed by atoms with Gasteiger partial charge in [0.25, 0.3) is 5.91 Å². The Hall–Kier alpha value is -3.48. The first-order valence-electron chi connectivity index (χ1n) is 8.48. The van der Waals surface area contributed by atoms with Gasteiger partial charge in [0.2, 0.25) is 0 Å². The van der Waals surface area contributed by atoms with Crippen LogP contribution in [0.2, 0.25) is 0 Å². The third-order valence-electron chi connectivity index (χ3n) is 4.00. The van der Waals surface area contributed by atoms with Crippen LogP contribution < -0.4 is 10.1 Å². The van der Waals surface area contributed by atoms with Gasteiger partial charge in [0, 0.05) is 11.1 Å². The van der Waals surface area contributed by atoms with Crippen LogP contribution in [0.4, 0.5) is 14.5 Å². The topological polar surface area (TPSA) is 64.6 Å². The molecule has 1 amide bonds. The fourth-order valence-electron chi connectivity index (χ4n) is 2.65. The number of amides is 1. The number of rotatable bonds is 6. The molecule has 3 aromatic rings. The minimum atomic E-state index is -3.00. The number of hydrogen-bond donors (Lipinski definition) is 1. The quantitative estimate of drug-likeness (QED) is 0.629. The van der Waals surface area contributed by atoms with Crippen LogP contribution in [0.15, 0.2) is 66.7 Å². The summed E-state index contributed by atoms with van der Waals surface area (Å²) in [5, 5.41) is 4.55. The molecule has 3 aromatic carbocycles. The van der Waals surface area contributed by atoms with Crippen LogP contribution >= 0.6 is 0 Å². The summed E-state index contributed by atoms with van der Waals surface area (Å²) >= 11 is 0. The molecule has 0 aliphatic heterocycles. The zero-order chi connectivity index (χ0) is 20.1. The summed E-state index contributed by atoms with van der Waals surface area (Å²) < 4.78 is 34.0. The molecule has 0 aromatic heterocycles. The van der Waals surface area contributed by atoms with Gasteiger partial charge in [-0.25, -0.2) is 4.79 Å². The van der Waals surface area contributed by atoms with E-state index in [2.05, 4.69) is 10.1 Å². The first-order valence-corrected chi connectivity index (χ1v) is 8.48. The number of alkyl halides is 2. The maximum Gasteiger partial charge on any atom is 0.387 e. The van der Waals surface area contributed by atoms with E-state index < -0.39 is 24.6 Å². The average Bonchev–Trinajstić information content (AvgIpc) is 2.68. The van der Waals surface area contributed by atoms with E-state index in [4.69, 9.17) is 4.74 Å². The van der Waals surface area contributed by atoms with Crippen molar-refractivity contribution in [1.82, 2.24) is 0 Å². The van der Waals surface area contributed by atoms with Crippen molar-refractivity contribution < 1.29 is 27.8 Å². The van der Waals surface area contributed by atoms with Gasteiger partial charge >= 0.3 is 12.6 Å². The molecule has 7 heteroatoms. The van der Waals surface area contributed by atoms with Gasteiger partial charge in [-0.2, -0.15) is 8.78 Å². The van der Waals surface area contributed by atoms with Crippen LogP contribution in [0.5, 0.6) is 5.75 Å². The lowest BCUT2D eigenvalue weighted by Crippen LogP contribution is -2.30. The number of fused-ring (bicyclic) bond motifs is 1. The number of hydrogen-bond acceptors (Lipinski definition) is 4. The second-order valence-corrected chi connectivity index (χ2v) is 5.97. The highest BCUT2D eigenvalue weighted by Crippen LogP contribution is 2.23. The summed E-state index contributed by atoms with van der Waals surface area (Å²) in [6.07, 6.45) is -1.09. The predicted molar refractivity (Wildman–Crippen MR) is 101 cm³/mol.